The van der Waals surface area contributed by atoms with E-state index >= 15 is 0 Å². The molecule has 0 unspecified atom stereocenters. The summed E-state index contributed by atoms with van der Waals surface area (Å²) < 4.78 is 0. The van der Waals surface area contributed by atoms with Gasteiger partial charge in [0.05, 0.1) is 0 Å². The molecule has 2 radical (unpaired) electrons. The van der Waals surface area contributed by atoms with Gasteiger partial charge in [-0.2, -0.15) is 0 Å². The van der Waals surface area contributed by atoms with Crippen molar-refractivity contribution >= 4 is 11.4 Å². The third-order valence-electron chi connectivity index (χ3n) is 1.10. The summed E-state index contributed by atoms with van der Waals surface area (Å²) in [6.45, 7) is 0. The third-order valence-corrected chi connectivity index (χ3v) is 1.10. The first kappa shape index (κ1) is 6.54. The maximum absolute atomic E-state index is 8.30. The van der Waals surface area contributed by atoms with Gasteiger partial charge in [0.25, 0.3) is 0 Å². The number of benzene rings is 1. The van der Waals surface area contributed by atoms with Crippen molar-refractivity contribution in [2.45, 2.75) is 0 Å². The van der Waals surface area contributed by atoms with Gasteiger partial charge in [-0.15, -0.1) is 10.2 Å². The second-order valence-corrected chi connectivity index (χ2v) is 1.69. The highest BCUT2D eigenvalue weighted by atomic mass is 15.0. The van der Waals surface area contributed by atoms with Gasteiger partial charge in [0.1, 0.15) is 11.4 Å². The van der Waals surface area contributed by atoms with Crippen molar-refractivity contribution in [2.75, 3.05) is 0 Å². The van der Waals surface area contributed by atoms with E-state index in [0.717, 1.165) is 0 Å². The molecule has 0 saturated heterocycles. The van der Waals surface area contributed by atoms with Crippen LogP contribution in [-0.2, 0) is 0 Å². The summed E-state index contributed by atoms with van der Waals surface area (Å²) in [6, 6.07) is 6.44. The lowest BCUT2D eigenvalue weighted by Crippen LogP contribution is -1.65. The van der Waals surface area contributed by atoms with Crippen LogP contribution in [0.25, 0.3) is 0 Å². The fraction of sp³-hybridized carbons (Fsp3) is 0. The zero-order valence-corrected chi connectivity index (χ0v) is 5.10. The highest BCUT2D eigenvalue weighted by molar-refractivity contribution is 5.59. The van der Waals surface area contributed by atoms with Gasteiger partial charge < -0.3 is 0 Å². The third kappa shape index (κ3) is 1.05. The van der Waals surface area contributed by atoms with Crippen LogP contribution in [-0.4, -0.2) is 0 Å². The Morgan fingerprint density at radius 2 is 1.30 bits per heavy atom. The van der Waals surface area contributed by atoms with Gasteiger partial charge in [-0.05, 0) is 23.2 Å². The molecule has 1 aromatic carbocycles. The van der Waals surface area contributed by atoms with Crippen molar-refractivity contribution in [2.24, 2.45) is 10.2 Å². The molecule has 0 atom stereocenters. The Kier molecular flexibility index (Phi) is 1.84. The molecule has 0 N–H and O–H groups in total. The van der Waals surface area contributed by atoms with Gasteiger partial charge in [-0.3, -0.25) is 0 Å². The fourth-order valence-electron chi connectivity index (χ4n) is 0.633. The lowest BCUT2D eigenvalue weighted by atomic mass is 10.3. The van der Waals surface area contributed by atoms with Crippen LogP contribution in [0.5, 0.6) is 0 Å². The van der Waals surface area contributed by atoms with Gasteiger partial charge in [-0.25, -0.2) is 0 Å². The Labute approximate surface area is 57.9 Å². The summed E-state index contributed by atoms with van der Waals surface area (Å²) in [4.78, 5) is 0. The maximum atomic E-state index is 8.30. The predicted octanol–water partition coefficient (Wildman–Crippen LogP) is 1.45. The molecule has 0 spiro atoms. The average molecular weight is 132 g/mol. The monoisotopic (exact) mass is 132 g/mol. The van der Waals surface area contributed by atoms with Crippen molar-refractivity contribution in [1.82, 2.24) is 11.1 Å². The summed E-state index contributed by atoms with van der Waals surface area (Å²) in [5.41, 5.74) is 17.1. The molecule has 1 rings (SSSR count). The van der Waals surface area contributed by atoms with E-state index in [2.05, 4.69) is 10.2 Å². The van der Waals surface area contributed by atoms with Crippen LogP contribution in [0, 0.1) is 0 Å². The summed E-state index contributed by atoms with van der Waals surface area (Å²) in [7, 11) is 0. The van der Waals surface area contributed by atoms with Crippen molar-refractivity contribution in [3.05, 3.63) is 24.3 Å². The van der Waals surface area contributed by atoms with Gasteiger partial charge >= 0.3 is 0 Å². The van der Waals surface area contributed by atoms with Crippen LogP contribution in [0.4, 0.5) is 11.4 Å². The lowest BCUT2D eigenvalue weighted by molar-refractivity contribution is 1.24. The molecule has 0 aromatic heterocycles. The van der Waals surface area contributed by atoms with E-state index in [1.54, 1.807) is 12.1 Å². The van der Waals surface area contributed by atoms with E-state index in [0.29, 0.717) is 0 Å². The molecule has 4 heteroatoms. The first-order valence-electron chi connectivity index (χ1n) is 2.67. The molecule has 0 bridgehead atoms. The highest BCUT2D eigenvalue weighted by Gasteiger charge is 1.95. The second-order valence-electron chi connectivity index (χ2n) is 1.69. The molecular formula is C6H4N4. The number of rotatable bonds is 2. The van der Waals surface area contributed by atoms with Crippen LogP contribution in [0.15, 0.2) is 34.5 Å². The molecule has 0 fully saturated rings. The van der Waals surface area contributed by atoms with E-state index in [4.69, 9.17) is 11.1 Å². The van der Waals surface area contributed by atoms with E-state index in [1.807, 2.05) is 0 Å². The van der Waals surface area contributed by atoms with Crippen molar-refractivity contribution in [1.29, 1.82) is 0 Å². The topological polar surface area (TPSA) is 69.3 Å². The molecule has 0 aliphatic carbocycles. The molecule has 4 nitrogen and oxygen atoms in total. The summed E-state index contributed by atoms with van der Waals surface area (Å²) in [6.07, 6.45) is 0. The maximum Gasteiger partial charge on any atom is 0.115 e. The first-order valence-corrected chi connectivity index (χ1v) is 2.67. The SMILES string of the molecule is [N]=Nc1ccccc1N=[N]. The Bertz CT molecular complexity index is 229. The lowest BCUT2D eigenvalue weighted by Gasteiger charge is -1.90. The number of nitrogens with zero attached hydrogens (tertiary/aromatic N) is 4. The van der Waals surface area contributed by atoms with Crippen LogP contribution in [0.3, 0.4) is 0 Å². The molecule has 1 aromatic rings. The summed E-state index contributed by atoms with van der Waals surface area (Å²) in [5, 5.41) is 5.78. The molecular weight excluding hydrogens is 128 g/mol. The normalized spacial score (nSPS) is 8.80. The minimum Gasteiger partial charge on any atom is -0.127 e. The quantitative estimate of drug-likeness (QED) is 0.546. The van der Waals surface area contributed by atoms with E-state index in [-0.39, 0.29) is 11.4 Å². The van der Waals surface area contributed by atoms with Crippen LogP contribution in [0.1, 0.15) is 0 Å². The van der Waals surface area contributed by atoms with Crippen LogP contribution in [0.2, 0.25) is 0 Å². The Morgan fingerprint density at radius 3 is 1.60 bits per heavy atom. The molecule has 0 aliphatic rings. The second kappa shape index (κ2) is 2.82. The highest BCUT2D eigenvalue weighted by Crippen LogP contribution is 2.25. The van der Waals surface area contributed by atoms with Gasteiger partial charge in [0, 0.05) is 0 Å². The largest absolute Gasteiger partial charge is 0.127 e. The summed E-state index contributed by atoms with van der Waals surface area (Å²) >= 11 is 0. The standard InChI is InChI=1S/C6H4N4/c7-9-5-3-1-2-4-6(5)10-8/h1-4H. The van der Waals surface area contributed by atoms with Crippen LogP contribution < -0.4 is 11.1 Å². The first-order chi connectivity index (χ1) is 4.88. The molecule has 0 heterocycles. The molecule has 0 amide bonds. The molecule has 0 saturated carbocycles. The van der Waals surface area contributed by atoms with Crippen molar-refractivity contribution in [3.8, 4) is 0 Å². The van der Waals surface area contributed by atoms with Crippen molar-refractivity contribution < 1.29 is 0 Å². The smallest absolute Gasteiger partial charge is 0.115 e. The summed E-state index contributed by atoms with van der Waals surface area (Å²) in [5.74, 6) is 0. The Hall–Kier alpha value is -1.58. The fourth-order valence-corrected chi connectivity index (χ4v) is 0.633. The number of hydrogen-bond donors (Lipinski definition) is 0. The van der Waals surface area contributed by atoms with E-state index in [9.17, 15) is 0 Å². The van der Waals surface area contributed by atoms with Gasteiger partial charge in [0.15, 0.2) is 0 Å². The van der Waals surface area contributed by atoms with E-state index < -0.39 is 0 Å². The predicted molar refractivity (Wildman–Crippen MR) is 34.9 cm³/mol. The van der Waals surface area contributed by atoms with E-state index in [1.165, 1.54) is 12.1 Å². The molecule has 10 heavy (non-hydrogen) atoms. The minimum absolute atomic E-state index is 0.255. The van der Waals surface area contributed by atoms with Crippen molar-refractivity contribution in [3.63, 3.8) is 0 Å². The minimum atomic E-state index is 0.255. The Morgan fingerprint density at radius 1 is 0.900 bits per heavy atom. The van der Waals surface area contributed by atoms with Gasteiger partial charge in [-0.1, -0.05) is 12.1 Å². The van der Waals surface area contributed by atoms with Gasteiger partial charge in [0.2, 0.25) is 0 Å². The molecule has 48 valence electrons. The Balaban J connectivity index is 3.20. The molecule has 0 aliphatic heterocycles. The van der Waals surface area contributed by atoms with Crippen LogP contribution >= 0.6 is 0 Å². The zero-order valence-electron chi connectivity index (χ0n) is 5.10. The average Bonchev–Trinajstić information content (AvgIpc) is 2.04. The zero-order chi connectivity index (χ0) is 7.40. The number of hydrogen-bond acceptors (Lipinski definition) is 2.